The van der Waals surface area contributed by atoms with Gasteiger partial charge >= 0.3 is 6.18 Å². The molecule has 1 aromatic rings. The minimum atomic E-state index is -4.26. The number of hydrogen-bond donors (Lipinski definition) is 0. The smallest absolute Gasteiger partial charge is 0.287 e. The van der Waals surface area contributed by atoms with E-state index in [9.17, 15) is 13.2 Å². The normalized spacial score (nSPS) is 25.0. The zero-order valence-corrected chi connectivity index (χ0v) is 9.69. The second-order valence-corrected chi connectivity index (χ2v) is 4.53. The van der Waals surface area contributed by atoms with Crippen LogP contribution >= 0.6 is 0 Å². The van der Waals surface area contributed by atoms with Crippen molar-refractivity contribution < 1.29 is 13.2 Å². The van der Waals surface area contributed by atoms with Gasteiger partial charge in [0.2, 0.25) is 0 Å². The third-order valence-corrected chi connectivity index (χ3v) is 3.19. The minimum Gasteiger partial charge on any atom is -0.287 e. The van der Waals surface area contributed by atoms with Gasteiger partial charge in [0.05, 0.1) is 12.0 Å². The summed E-state index contributed by atoms with van der Waals surface area (Å²) in [6.07, 6.45) is -4.38. The highest BCUT2D eigenvalue weighted by atomic mass is 19.4. The van der Waals surface area contributed by atoms with E-state index < -0.39 is 18.1 Å². The van der Waals surface area contributed by atoms with E-state index in [-0.39, 0.29) is 19.5 Å². The molecule has 0 unspecified atom stereocenters. The van der Waals surface area contributed by atoms with Crippen molar-refractivity contribution in [2.45, 2.75) is 25.2 Å². The van der Waals surface area contributed by atoms with Crippen LogP contribution in [0, 0.1) is 17.2 Å². The van der Waals surface area contributed by atoms with Crippen molar-refractivity contribution in [3.05, 3.63) is 35.9 Å². The molecule has 0 bridgehead atoms. The SMILES string of the molecule is N#C[C@@H]1C[C@@H](C(F)(F)F)N(Cc2ccccc2)C1. The Labute approximate surface area is 104 Å². The molecule has 18 heavy (non-hydrogen) atoms. The number of benzene rings is 1. The Morgan fingerprint density at radius 2 is 1.94 bits per heavy atom. The topological polar surface area (TPSA) is 27.0 Å². The standard InChI is InChI=1S/C13H13F3N2/c14-13(15,16)12-6-11(7-17)9-18(12)8-10-4-2-1-3-5-10/h1-5,11-12H,6,8-9H2/t11-,12-/m0/s1. The Morgan fingerprint density at radius 3 is 2.50 bits per heavy atom. The zero-order valence-electron chi connectivity index (χ0n) is 9.69. The molecule has 1 aromatic carbocycles. The van der Waals surface area contributed by atoms with Gasteiger partial charge in [0.1, 0.15) is 6.04 Å². The predicted octanol–water partition coefficient (Wildman–Crippen LogP) is 2.96. The second-order valence-electron chi connectivity index (χ2n) is 4.53. The van der Waals surface area contributed by atoms with E-state index in [4.69, 9.17) is 5.26 Å². The van der Waals surface area contributed by atoms with Gasteiger partial charge in [-0.25, -0.2) is 0 Å². The molecule has 0 spiro atoms. The molecule has 0 radical (unpaired) electrons. The summed E-state index contributed by atoms with van der Waals surface area (Å²) in [6, 6.07) is 9.47. The Bertz CT molecular complexity index is 436. The van der Waals surface area contributed by atoms with E-state index in [0.29, 0.717) is 0 Å². The summed E-state index contributed by atoms with van der Waals surface area (Å²) < 4.78 is 38.6. The van der Waals surface area contributed by atoms with Crippen LogP contribution in [0.3, 0.4) is 0 Å². The van der Waals surface area contributed by atoms with E-state index in [0.717, 1.165) is 5.56 Å². The highest BCUT2D eigenvalue weighted by molar-refractivity contribution is 5.15. The minimum absolute atomic E-state index is 0.118. The van der Waals surface area contributed by atoms with E-state index in [1.807, 2.05) is 12.1 Å². The van der Waals surface area contributed by atoms with Crippen molar-refractivity contribution >= 4 is 0 Å². The molecule has 2 atom stereocenters. The summed E-state index contributed by atoms with van der Waals surface area (Å²) in [5, 5.41) is 8.79. The van der Waals surface area contributed by atoms with Gasteiger partial charge in [0, 0.05) is 13.1 Å². The predicted molar refractivity (Wildman–Crippen MR) is 60.4 cm³/mol. The molecule has 1 fully saturated rings. The number of likely N-dealkylation sites (tertiary alicyclic amines) is 1. The Morgan fingerprint density at radius 1 is 1.28 bits per heavy atom. The van der Waals surface area contributed by atoms with Gasteiger partial charge in [-0.3, -0.25) is 4.90 Å². The van der Waals surface area contributed by atoms with Crippen molar-refractivity contribution in [2.75, 3.05) is 6.54 Å². The van der Waals surface area contributed by atoms with E-state index in [1.54, 1.807) is 24.3 Å². The summed E-state index contributed by atoms with van der Waals surface area (Å²) >= 11 is 0. The maximum atomic E-state index is 12.9. The van der Waals surface area contributed by atoms with Gasteiger partial charge in [-0.1, -0.05) is 30.3 Å². The quantitative estimate of drug-likeness (QED) is 0.811. The number of nitriles is 1. The lowest BCUT2D eigenvalue weighted by atomic mass is 10.1. The molecule has 0 aromatic heterocycles. The molecule has 0 saturated carbocycles. The first-order chi connectivity index (χ1) is 8.50. The molecule has 2 nitrogen and oxygen atoms in total. The van der Waals surface area contributed by atoms with Crippen LogP contribution in [0.1, 0.15) is 12.0 Å². The van der Waals surface area contributed by atoms with Gasteiger partial charge in [-0.05, 0) is 12.0 Å². The van der Waals surface area contributed by atoms with Crippen LogP contribution < -0.4 is 0 Å². The van der Waals surface area contributed by atoms with Crippen molar-refractivity contribution in [3.8, 4) is 6.07 Å². The van der Waals surface area contributed by atoms with Crippen LogP contribution in [0.2, 0.25) is 0 Å². The molecule has 0 amide bonds. The van der Waals surface area contributed by atoms with E-state index >= 15 is 0 Å². The largest absolute Gasteiger partial charge is 0.404 e. The molecule has 2 rings (SSSR count). The first-order valence-corrected chi connectivity index (χ1v) is 5.75. The number of alkyl halides is 3. The molecule has 1 saturated heterocycles. The highest BCUT2D eigenvalue weighted by Gasteiger charge is 2.48. The third-order valence-electron chi connectivity index (χ3n) is 3.19. The highest BCUT2D eigenvalue weighted by Crippen LogP contribution is 2.35. The molecule has 5 heteroatoms. The van der Waals surface area contributed by atoms with Gasteiger partial charge < -0.3 is 0 Å². The zero-order chi connectivity index (χ0) is 13.2. The number of rotatable bonds is 2. The molecule has 0 N–H and O–H groups in total. The van der Waals surface area contributed by atoms with Crippen LogP contribution in [0.15, 0.2) is 30.3 Å². The van der Waals surface area contributed by atoms with Crippen molar-refractivity contribution in [1.29, 1.82) is 5.26 Å². The molecular formula is C13H13F3N2. The van der Waals surface area contributed by atoms with Crippen LogP contribution in [0.4, 0.5) is 13.2 Å². The van der Waals surface area contributed by atoms with Crippen LogP contribution in [-0.4, -0.2) is 23.7 Å². The van der Waals surface area contributed by atoms with E-state index in [1.165, 1.54) is 4.90 Å². The Hall–Kier alpha value is -1.54. The maximum absolute atomic E-state index is 12.9. The Kier molecular flexibility index (Phi) is 3.58. The fourth-order valence-corrected chi connectivity index (χ4v) is 2.33. The van der Waals surface area contributed by atoms with Crippen LogP contribution in [0.5, 0.6) is 0 Å². The van der Waals surface area contributed by atoms with Gasteiger partial charge in [0.25, 0.3) is 0 Å². The summed E-state index contributed by atoms with van der Waals surface area (Å²) in [6.45, 7) is 0.429. The fraction of sp³-hybridized carbons (Fsp3) is 0.462. The average Bonchev–Trinajstić information content (AvgIpc) is 2.73. The summed E-state index contributed by atoms with van der Waals surface area (Å²) in [4.78, 5) is 1.35. The monoisotopic (exact) mass is 254 g/mol. The van der Waals surface area contributed by atoms with Gasteiger partial charge in [-0.15, -0.1) is 0 Å². The average molecular weight is 254 g/mol. The second kappa shape index (κ2) is 4.99. The van der Waals surface area contributed by atoms with Gasteiger partial charge in [0.15, 0.2) is 0 Å². The lowest BCUT2D eigenvalue weighted by molar-refractivity contribution is -0.177. The third kappa shape index (κ3) is 2.82. The lowest BCUT2D eigenvalue weighted by Crippen LogP contribution is -2.40. The summed E-state index contributed by atoms with van der Waals surface area (Å²) in [5.41, 5.74) is 0.838. The summed E-state index contributed by atoms with van der Waals surface area (Å²) in [5.74, 6) is -0.527. The number of halogens is 3. The number of nitrogens with zero attached hydrogens (tertiary/aromatic N) is 2. The van der Waals surface area contributed by atoms with E-state index in [2.05, 4.69) is 0 Å². The van der Waals surface area contributed by atoms with Gasteiger partial charge in [-0.2, -0.15) is 18.4 Å². The van der Waals surface area contributed by atoms with Crippen molar-refractivity contribution in [3.63, 3.8) is 0 Å². The molecule has 1 heterocycles. The molecular weight excluding hydrogens is 241 g/mol. The van der Waals surface area contributed by atoms with Crippen LogP contribution in [0.25, 0.3) is 0 Å². The molecule has 96 valence electrons. The Balaban J connectivity index is 2.13. The maximum Gasteiger partial charge on any atom is 0.404 e. The molecule has 1 aliphatic heterocycles. The number of hydrogen-bond acceptors (Lipinski definition) is 2. The fourth-order valence-electron chi connectivity index (χ4n) is 2.33. The first kappa shape index (κ1) is 12.9. The van der Waals surface area contributed by atoms with Crippen LogP contribution in [-0.2, 0) is 6.54 Å². The molecule has 1 aliphatic rings. The lowest BCUT2D eigenvalue weighted by Gasteiger charge is -2.26. The van der Waals surface area contributed by atoms with Crippen molar-refractivity contribution in [1.82, 2.24) is 4.90 Å². The summed E-state index contributed by atoms with van der Waals surface area (Å²) in [7, 11) is 0. The first-order valence-electron chi connectivity index (χ1n) is 5.75. The molecule has 0 aliphatic carbocycles. The van der Waals surface area contributed by atoms with Crippen molar-refractivity contribution in [2.24, 2.45) is 5.92 Å².